The molecule has 2 aliphatic rings. The zero-order valence-corrected chi connectivity index (χ0v) is 18.3. The first-order chi connectivity index (χ1) is 15.0. The zero-order valence-electron chi connectivity index (χ0n) is 16.8. The average Bonchev–Trinajstić information content (AvgIpc) is 3.08. The molecule has 0 bridgehead atoms. The molecule has 3 heterocycles. The molecule has 1 amide bonds. The number of hydrogen-bond acceptors (Lipinski definition) is 4. The van der Waals surface area contributed by atoms with Crippen molar-refractivity contribution >= 4 is 35.0 Å². The number of halogens is 2. The van der Waals surface area contributed by atoms with Gasteiger partial charge in [0.1, 0.15) is 11.0 Å². The molecule has 1 fully saturated rings. The number of carbonyl (C=O) groups excluding carboxylic acids is 1. The quantitative estimate of drug-likeness (QED) is 0.546. The van der Waals surface area contributed by atoms with Crippen LogP contribution < -0.4 is 10.2 Å². The molecule has 2 aromatic carbocycles. The van der Waals surface area contributed by atoms with Crippen molar-refractivity contribution in [3.05, 3.63) is 82.9 Å². The highest BCUT2D eigenvalue weighted by atomic mass is 35.5. The van der Waals surface area contributed by atoms with Gasteiger partial charge in [-0.25, -0.2) is 9.37 Å². The van der Waals surface area contributed by atoms with Gasteiger partial charge in [-0.2, -0.15) is 0 Å². The lowest BCUT2D eigenvalue weighted by molar-refractivity contribution is 0.0982. The molecule has 0 saturated carbocycles. The third kappa shape index (κ3) is 3.95. The molecule has 0 radical (unpaired) electrons. The highest BCUT2D eigenvalue weighted by molar-refractivity contribution is 7.99. The van der Waals surface area contributed by atoms with E-state index >= 15 is 0 Å². The lowest BCUT2D eigenvalue weighted by atomic mass is 9.75. The lowest BCUT2D eigenvalue weighted by Crippen LogP contribution is -2.44. The lowest BCUT2D eigenvalue weighted by Gasteiger charge is -2.34. The van der Waals surface area contributed by atoms with Crippen LogP contribution in [0.15, 0.2) is 70.6 Å². The van der Waals surface area contributed by atoms with Gasteiger partial charge in [-0.15, -0.1) is 0 Å². The van der Waals surface area contributed by atoms with E-state index in [1.807, 2.05) is 17.0 Å². The number of pyridine rings is 1. The first-order valence-electron chi connectivity index (χ1n) is 10.3. The topological polar surface area (TPSA) is 45.2 Å². The van der Waals surface area contributed by atoms with E-state index in [1.165, 1.54) is 17.7 Å². The SMILES string of the molecule is O=C(c1ccnc(Cl)c1)N1CC2(CCNCC2)c2cc(Sc3ccc(F)cc3)ccc21. The summed E-state index contributed by atoms with van der Waals surface area (Å²) < 4.78 is 13.3. The number of nitrogens with one attached hydrogen (secondary N) is 1. The van der Waals surface area contributed by atoms with Gasteiger partial charge in [-0.3, -0.25) is 4.79 Å². The molecule has 1 spiro atoms. The molecule has 1 aromatic heterocycles. The molecule has 158 valence electrons. The predicted molar refractivity (Wildman–Crippen MR) is 122 cm³/mol. The molecule has 0 atom stereocenters. The Labute approximate surface area is 189 Å². The average molecular weight is 454 g/mol. The molecule has 5 rings (SSSR count). The van der Waals surface area contributed by atoms with Gasteiger partial charge in [0.2, 0.25) is 0 Å². The van der Waals surface area contributed by atoms with Gasteiger partial charge in [0, 0.05) is 39.2 Å². The van der Waals surface area contributed by atoms with Crippen LogP contribution in [0.1, 0.15) is 28.8 Å². The monoisotopic (exact) mass is 453 g/mol. The van der Waals surface area contributed by atoms with E-state index in [0.29, 0.717) is 17.3 Å². The fourth-order valence-electron chi connectivity index (χ4n) is 4.56. The smallest absolute Gasteiger partial charge is 0.258 e. The van der Waals surface area contributed by atoms with Gasteiger partial charge in [0.15, 0.2) is 0 Å². The summed E-state index contributed by atoms with van der Waals surface area (Å²) in [6, 6.07) is 16.1. The van der Waals surface area contributed by atoms with Crippen molar-refractivity contribution in [3.8, 4) is 0 Å². The molecule has 31 heavy (non-hydrogen) atoms. The van der Waals surface area contributed by atoms with Crippen LogP contribution in [-0.4, -0.2) is 30.5 Å². The second-order valence-corrected chi connectivity index (χ2v) is 9.56. The summed E-state index contributed by atoms with van der Waals surface area (Å²) in [4.78, 5) is 21.3. The highest BCUT2D eigenvalue weighted by Gasteiger charge is 2.45. The van der Waals surface area contributed by atoms with E-state index in [9.17, 15) is 9.18 Å². The van der Waals surface area contributed by atoms with Crippen molar-refractivity contribution in [2.24, 2.45) is 0 Å². The van der Waals surface area contributed by atoms with Crippen LogP contribution in [0.3, 0.4) is 0 Å². The normalized spacial score (nSPS) is 17.0. The molecular weight excluding hydrogens is 433 g/mol. The predicted octanol–water partition coefficient (Wildman–Crippen LogP) is 5.31. The number of rotatable bonds is 3. The molecule has 0 aliphatic carbocycles. The fraction of sp³-hybridized carbons (Fsp3) is 0.250. The number of anilines is 1. The minimum atomic E-state index is -0.239. The second-order valence-electron chi connectivity index (χ2n) is 8.02. The van der Waals surface area contributed by atoms with E-state index < -0.39 is 0 Å². The number of piperidine rings is 1. The van der Waals surface area contributed by atoms with Crippen LogP contribution in [-0.2, 0) is 5.41 Å². The molecular formula is C24H21ClFN3OS. The third-order valence-electron chi connectivity index (χ3n) is 6.12. The fourth-order valence-corrected chi connectivity index (χ4v) is 5.59. The Morgan fingerprint density at radius 1 is 1.06 bits per heavy atom. The van der Waals surface area contributed by atoms with Gasteiger partial charge in [0.05, 0.1) is 0 Å². The standard InChI is InChI=1S/C24H21ClFN3OS/c25-22-13-16(7-10-28-22)23(30)29-15-24(8-11-27-12-9-24)20-14-19(5-6-21(20)29)31-18-3-1-17(26)2-4-18/h1-7,10,13-14,27H,8-9,11-12,15H2. The van der Waals surface area contributed by atoms with Crippen molar-refractivity contribution in [3.63, 3.8) is 0 Å². The van der Waals surface area contributed by atoms with Crippen molar-refractivity contribution in [1.82, 2.24) is 10.3 Å². The minimum absolute atomic E-state index is 0.0557. The summed E-state index contributed by atoms with van der Waals surface area (Å²) >= 11 is 7.64. The largest absolute Gasteiger partial charge is 0.317 e. The van der Waals surface area contributed by atoms with E-state index in [1.54, 1.807) is 42.2 Å². The Kier molecular flexibility index (Phi) is 5.46. The van der Waals surface area contributed by atoms with Gasteiger partial charge in [0.25, 0.3) is 5.91 Å². The van der Waals surface area contributed by atoms with Crippen LogP contribution in [0.5, 0.6) is 0 Å². The van der Waals surface area contributed by atoms with Gasteiger partial charge < -0.3 is 10.2 Å². The van der Waals surface area contributed by atoms with Crippen LogP contribution in [0, 0.1) is 5.82 Å². The van der Waals surface area contributed by atoms with Crippen molar-refractivity contribution in [1.29, 1.82) is 0 Å². The summed E-state index contributed by atoms with van der Waals surface area (Å²) in [5.74, 6) is -0.294. The maximum atomic E-state index is 13.4. The van der Waals surface area contributed by atoms with Gasteiger partial charge in [-0.05, 0) is 86.1 Å². The van der Waals surface area contributed by atoms with Crippen LogP contribution in [0.4, 0.5) is 10.1 Å². The van der Waals surface area contributed by atoms with Crippen molar-refractivity contribution < 1.29 is 9.18 Å². The summed E-state index contributed by atoms with van der Waals surface area (Å²) in [6.45, 7) is 2.52. The molecule has 2 aliphatic heterocycles. The van der Waals surface area contributed by atoms with Gasteiger partial charge in [-0.1, -0.05) is 23.4 Å². The summed E-state index contributed by atoms with van der Waals surface area (Å²) in [7, 11) is 0. The maximum absolute atomic E-state index is 13.4. The first kappa shape index (κ1) is 20.5. The molecule has 0 unspecified atom stereocenters. The molecule has 4 nitrogen and oxygen atoms in total. The molecule has 1 saturated heterocycles. The Hall–Kier alpha value is -2.41. The first-order valence-corrected chi connectivity index (χ1v) is 11.5. The second kappa shape index (κ2) is 8.26. The Bertz CT molecular complexity index is 1130. The maximum Gasteiger partial charge on any atom is 0.258 e. The molecule has 1 N–H and O–H groups in total. The van der Waals surface area contributed by atoms with Crippen molar-refractivity contribution in [2.75, 3.05) is 24.5 Å². The number of aromatic nitrogens is 1. The Balaban J connectivity index is 1.52. The van der Waals surface area contributed by atoms with Crippen LogP contribution >= 0.6 is 23.4 Å². The highest BCUT2D eigenvalue weighted by Crippen LogP contribution is 2.48. The Morgan fingerprint density at radius 2 is 1.81 bits per heavy atom. The molecule has 7 heteroatoms. The third-order valence-corrected chi connectivity index (χ3v) is 7.32. The van der Waals surface area contributed by atoms with Crippen LogP contribution in [0.25, 0.3) is 0 Å². The van der Waals surface area contributed by atoms with E-state index in [-0.39, 0.29) is 17.1 Å². The van der Waals surface area contributed by atoms with E-state index in [4.69, 9.17) is 11.6 Å². The summed E-state index contributed by atoms with van der Waals surface area (Å²) in [6.07, 6.45) is 3.52. The summed E-state index contributed by atoms with van der Waals surface area (Å²) in [5.41, 5.74) is 2.66. The number of benzene rings is 2. The molecule has 3 aromatic rings. The van der Waals surface area contributed by atoms with Crippen LogP contribution in [0.2, 0.25) is 5.15 Å². The minimum Gasteiger partial charge on any atom is -0.317 e. The van der Waals surface area contributed by atoms with Gasteiger partial charge >= 0.3 is 0 Å². The number of carbonyl (C=O) groups is 1. The van der Waals surface area contributed by atoms with E-state index in [0.717, 1.165) is 41.4 Å². The number of fused-ring (bicyclic) bond motifs is 2. The Morgan fingerprint density at radius 3 is 2.55 bits per heavy atom. The number of nitrogens with zero attached hydrogens (tertiary/aromatic N) is 2. The number of hydrogen-bond donors (Lipinski definition) is 1. The van der Waals surface area contributed by atoms with E-state index in [2.05, 4.69) is 16.4 Å². The number of amides is 1. The zero-order chi connectivity index (χ0) is 21.4. The summed E-state index contributed by atoms with van der Waals surface area (Å²) in [5, 5.41) is 3.75. The van der Waals surface area contributed by atoms with Crippen molar-refractivity contribution in [2.45, 2.75) is 28.0 Å².